The number of aliphatic imine (C=N–C) groups is 1. The second-order valence-electron chi connectivity index (χ2n) is 6.79. The molecule has 0 saturated carbocycles. The average molecular weight is 370 g/mol. The van der Waals surface area contributed by atoms with E-state index in [0.29, 0.717) is 12.1 Å². The minimum Gasteiger partial charge on any atom is -0.325 e. The highest BCUT2D eigenvalue weighted by atomic mass is 16.1. The van der Waals surface area contributed by atoms with Gasteiger partial charge in [0.05, 0.1) is 35.6 Å². The normalized spacial score (nSPS) is 13.6. The highest BCUT2D eigenvalue weighted by Crippen LogP contribution is 2.35. The van der Waals surface area contributed by atoms with E-state index in [4.69, 9.17) is 5.73 Å². The molecule has 0 saturated heterocycles. The molecule has 7 heteroatoms. The molecule has 1 aliphatic heterocycles. The molecule has 0 fully saturated rings. The predicted octanol–water partition coefficient (Wildman–Crippen LogP) is 2.35. The maximum absolute atomic E-state index is 12.2. The first kappa shape index (κ1) is 16.6. The van der Waals surface area contributed by atoms with Crippen LogP contribution in [0.2, 0.25) is 0 Å². The lowest BCUT2D eigenvalue weighted by Gasteiger charge is -2.16. The summed E-state index contributed by atoms with van der Waals surface area (Å²) in [6.07, 6.45) is 7.44. The highest BCUT2D eigenvalue weighted by molar-refractivity contribution is 6.16. The Morgan fingerprint density at radius 1 is 1.11 bits per heavy atom. The van der Waals surface area contributed by atoms with E-state index in [-0.39, 0.29) is 12.3 Å². The lowest BCUT2D eigenvalue weighted by molar-refractivity contribution is 0.1000. The lowest BCUT2D eigenvalue weighted by Crippen LogP contribution is -2.24. The largest absolute Gasteiger partial charge is 0.325 e. The first-order valence-corrected chi connectivity index (χ1v) is 9.02. The molecule has 0 amide bonds. The molecule has 1 aliphatic rings. The van der Waals surface area contributed by atoms with Gasteiger partial charge in [0.1, 0.15) is 6.54 Å². The van der Waals surface area contributed by atoms with Gasteiger partial charge in [-0.25, -0.2) is 4.98 Å². The molecule has 0 atom stereocenters. The van der Waals surface area contributed by atoms with E-state index >= 15 is 0 Å². The zero-order valence-electron chi connectivity index (χ0n) is 15.3. The van der Waals surface area contributed by atoms with Crippen LogP contribution in [0.15, 0.2) is 60.2 Å². The molecular weight excluding hydrogens is 352 g/mol. The van der Waals surface area contributed by atoms with Crippen LogP contribution in [0.1, 0.15) is 15.9 Å². The van der Waals surface area contributed by atoms with Crippen molar-refractivity contribution in [3.05, 3.63) is 66.4 Å². The van der Waals surface area contributed by atoms with Crippen molar-refractivity contribution in [1.82, 2.24) is 19.2 Å². The fourth-order valence-electron chi connectivity index (χ4n) is 3.82. The SMILES string of the molecule is Cn1ncc(-c2ccc3c(c2)C(CN)=NCC3=O)c1-c1cccn2cncc12. The van der Waals surface area contributed by atoms with E-state index in [1.165, 1.54) is 0 Å². The number of aryl methyl sites for hydroxylation is 1. The zero-order valence-corrected chi connectivity index (χ0v) is 15.3. The maximum Gasteiger partial charge on any atom is 0.184 e. The third-order valence-electron chi connectivity index (χ3n) is 5.19. The number of carbonyl (C=O) groups is 1. The summed E-state index contributed by atoms with van der Waals surface area (Å²) in [4.78, 5) is 20.8. The van der Waals surface area contributed by atoms with Gasteiger partial charge in [0.15, 0.2) is 5.78 Å². The number of pyridine rings is 1. The average Bonchev–Trinajstić information content (AvgIpc) is 3.34. The summed E-state index contributed by atoms with van der Waals surface area (Å²) in [5.41, 5.74) is 13.1. The van der Waals surface area contributed by atoms with Crippen molar-refractivity contribution in [3.8, 4) is 22.4 Å². The summed E-state index contributed by atoms with van der Waals surface area (Å²) in [6, 6.07) is 9.88. The Morgan fingerprint density at radius 2 is 2.00 bits per heavy atom. The summed E-state index contributed by atoms with van der Waals surface area (Å²) in [7, 11) is 1.92. The molecule has 5 rings (SSSR count). The summed E-state index contributed by atoms with van der Waals surface area (Å²) in [5, 5.41) is 4.49. The standard InChI is InChI=1S/C21H18N6O/c1-26-21(15-3-2-6-27-12-23-10-19(15)27)17(9-25-26)13-4-5-14-16(7-13)18(8-22)24-11-20(14)28/h2-7,9-10,12H,8,11,22H2,1H3. The van der Waals surface area contributed by atoms with E-state index in [1.54, 1.807) is 6.33 Å². The maximum atomic E-state index is 12.2. The quantitative estimate of drug-likeness (QED) is 0.599. The number of nitrogens with zero attached hydrogens (tertiary/aromatic N) is 5. The Labute approximate surface area is 161 Å². The molecular formula is C21H18N6O. The van der Waals surface area contributed by atoms with Crippen LogP contribution in [0.25, 0.3) is 27.9 Å². The molecule has 0 radical (unpaired) electrons. The molecule has 7 nitrogen and oxygen atoms in total. The Balaban J connectivity index is 1.72. The molecule has 138 valence electrons. The Kier molecular flexibility index (Phi) is 3.70. The van der Waals surface area contributed by atoms with Crippen LogP contribution < -0.4 is 5.73 Å². The molecule has 4 heterocycles. The van der Waals surface area contributed by atoms with Gasteiger partial charge in [0.25, 0.3) is 0 Å². The number of fused-ring (bicyclic) bond motifs is 2. The van der Waals surface area contributed by atoms with Gasteiger partial charge in [0.2, 0.25) is 0 Å². The first-order chi connectivity index (χ1) is 13.7. The Hall–Kier alpha value is -3.58. The van der Waals surface area contributed by atoms with E-state index < -0.39 is 0 Å². The Bertz CT molecular complexity index is 1260. The van der Waals surface area contributed by atoms with Crippen molar-refractivity contribution >= 4 is 17.0 Å². The third kappa shape index (κ3) is 2.40. The molecule has 1 aromatic carbocycles. The summed E-state index contributed by atoms with van der Waals surface area (Å²) in [5.74, 6) is 0.0224. The second kappa shape index (κ2) is 6.24. The van der Waals surface area contributed by atoms with Crippen molar-refractivity contribution in [2.24, 2.45) is 17.8 Å². The number of nitrogens with two attached hydrogens (primary N) is 1. The fourth-order valence-corrected chi connectivity index (χ4v) is 3.82. The Morgan fingerprint density at radius 3 is 2.86 bits per heavy atom. The molecule has 0 unspecified atom stereocenters. The van der Waals surface area contributed by atoms with E-state index in [1.807, 2.05) is 59.0 Å². The molecule has 0 spiro atoms. The van der Waals surface area contributed by atoms with Gasteiger partial charge in [-0.05, 0) is 23.8 Å². The minimum atomic E-state index is 0.0224. The number of benzene rings is 1. The van der Waals surface area contributed by atoms with Gasteiger partial charge in [-0.3, -0.25) is 14.5 Å². The van der Waals surface area contributed by atoms with Crippen LogP contribution >= 0.6 is 0 Å². The molecule has 28 heavy (non-hydrogen) atoms. The number of Topliss-reactive ketones (excluding diaryl/α,β-unsaturated/α-hetero) is 1. The summed E-state index contributed by atoms with van der Waals surface area (Å²) < 4.78 is 3.84. The van der Waals surface area contributed by atoms with Gasteiger partial charge in [-0.15, -0.1) is 0 Å². The number of aromatic nitrogens is 4. The predicted molar refractivity (Wildman–Crippen MR) is 108 cm³/mol. The van der Waals surface area contributed by atoms with Crippen LogP contribution in [0.4, 0.5) is 0 Å². The van der Waals surface area contributed by atoms with Gasteiger partial charge in [-0.2, -0.15) is 5.10 Å². The van der Waals surface area contributed by atoms with Gasteiger partial charge in [-0.1, -0.05) is 12.1 Å². The van der Waals surface area contributed by atoms with E-state index in [0.717, 1.165) is 39.2 Å². The van der Waals surface area contributed by atoms with Crippen LogP contribution in [-0.4, -0.2) is 43.7 Å². The number of rotatable bonds is 3. The number of ketones is 1. The van der Waals surface area contributed by atoms with Crippen LogP contribution in [0.5, 0.6) is 0 Å². The van der Waals surface area contributed by atoms with Crippen molar-refractivity contribution in [2.75, 3.05) is 13.1 Å². The molecule has 2 N–H and O–H groups in total. The number of hydrogen-bond donors (Lipinski definition) is 1. The van der Waals surface area contributed by atoms with Gasteiger partial charge < -0.3 is 10.1 Å². The van der Waals surface area contributed by atoms with Crippen molar-refractivity contribution in [3.63, 3.8) is 0 Å². The molecule has 0 aliphatic carbocycles. The van der Waals surface area contributed by atoms with Crippen LogP contribution in [0, 0.1) is 0 Å². The molecule has 3 aromatic heterocycles. The minimum absolute atomic E-state index is 0.0224. The monoisotopic (exact) mass is 370 g/mol. The second-order valence-corrected chi connectivity index (χ2v) is 6.79. The van der Waals surface area contributed by atoms with Gasteiger partial charge in [0, 0.05) is 42.0 Å². The third-order valence-corrected chi connectivity index (χ3v) is 5.19. The lowest BCUT2D eigenvalue weighted by atomic mass is 9.92. The topological polar surface area (TPSA) is 90.6 Å². The molecule has 0 bridgehead atoms. The van der Waals surface area contributed by atoms with Crippen molar-refractivity contribution in [2.45, 2.75) is 0 Å². The van der Waals surface area contributed by atoms with E-state index in [9.17, 15) is 4.79 Å². The molecule has 4 aromatic rings. The van der Waals surface area contributed by atoms with Gasteiger partial charge >= 0.3 is 0 Å². The fraction of sp³-hybridized carbons (Fsp3) is 0.143. The number of hydrogen-bond acceptors (Lipinski definition) is 5. The van der Waals surface area contributed by atoms with Crippen molar-refractivity contribution < 1.29 is 4.79 Å². The first-order valence-electron chi connectivity index (χ1n) is 9.02. The number of carbonyl (C=O) groups excluding carboxylic acids is 1. The number of imidazole rings is 1. The smallest absolute Gasteiger partial charge is 0.184 e. The zero-order chi connectivity index (χ0) is 19.3. The van der Waals surface area contributed by atoms with Crippen molar-refractivity contribution in [1.29, 1.82) is 0 Å². The highest BCUT2D eigenvalue weighted by Gasteiger charge is 2.22. The van der Waals surface area contributed by atoms with E-state index in [2.05, 4.69) is 21.1 Å². The summed E-state index contributed by atoms with van der Waals surface area (Å²) >= 11 is 0. The van der Waals surface area contributed by atoms with Crippen LogP contribution in [0.3, 0.4) is 0 Å². The summed E-state index contributed by atoms with van der Waals surface area (Å²) in [6.45, 7) is 0.471. The van der Waals surface area contributed by atoms with Crippen LogP contribution in [-0.2, 0) is 7.05 Å².